The molecule has 2 N–H and O–H groups in total. The highest BCUT2D eigenvalue weighted by atomic mass is 127. The number of carbonyl (C=O) groups excluding carboxylic acids is 4. The number of phenolic OH excluding ortho intramolecular Hbond substituents is 1. The lowest BCUT2D eigenvalue weighted by atomic mass is 9.49. The molecule has 6 unspecified atom stereocenters. The van der Waals surface area contributed by atoms with E-state index in [0.29, 0.717) is 31.8 Å². The van der Waals surface area contributed by atoms with E-state index >= 15 is 4.79 Å². The van der Waals surface area contributed by atoms with Gasteiger partial charge in [0.05, 0.1) is 39.5 Å². The van der Waals surface area contributed by atoms with Crippen LogP contribution < -0.4 is 10.2 Å². The molecule has 46 heavy (non-hydrogen) atoms. The molecular formula is C34H28ClFIN3O6. The van der Waals surface area contributed by atoms with Crippen LogP contribution in [0.25, 0.3) is 0 Å². The Labute approximate surface area is 282 Å². The molecule has 1 saturated carbocycles. The molecule has 9 nitrogen and oxygen atoms in total. The first kappa shape index (κ1) is 30.7. The molecule has 4 aliphatic rings. The summed E-state index contributed by atoms with van der Waals surface area (Å²) in [4.78, 5) is 57.6. The Morgan fingerprint density at radius 3 is 2.37 bits per heavy atom. The number of carbonyl (C=O) groups is 4. The molecular weight excluding hydrogens is 728 g/mol. The quantitative estimate of drug-likeness (QED) is 0.203. The van der Waals surface area contributed by atoms with Crippen LogP contribution in [0.1, 0.15) is 29.9 Å². The number of likely N-dealkylation sites (tertiary alicyclic amines) is 1. The number of aromatic hydroxyl groups is 1. The summed E-state index contributed by atoms with van der Waals surface area (Å²) in [6.07, 6.45) is 2.39. The largest absolute Gasteiger partial charge is 0.504 e. The van der Waals surface area contributed by atoms with Crippen molar-refractivity contribution in [3.8, 4) is 11.5 Å². The van der Waals surface area contributed by atoms with Crippen LogP contribution in [0.5, 0.6) is 11.5 Å². The van der Waals surface area contributed by atoms with Crippen molar-refractivity contribution in [2.75, 3.05) is 19.6 Å². The molecule has 0 radical (unpaired) electrons. The molecule has 236 valence electrons. The fraction of sp³-hybridized carbons (Fsp3) is 0.294. The Morgan fingerprint density at radius 2 is 1.70 bits per heavy atom. The third-order valence-electron chi connectivity index (χ3n) is 10.1. The fourth-order valence-electron chi connectivity index (χ4n) is 8.10. The van der Waals surface area contributed by atoms with Gasteiger partial charge in [0.1, 0.15) is 5.82 Å². The van der Waals surface area contributed by atoms with Crippen molar-refractivity contribution in [3.63, 3.8) is 0 Å². The highest BCUT2D eigenvalue weighted by Gasteiger charge is 2.70. The van der Waals surface area contributed by atoms with E-state index < -0.39 is 52.6 Å². The third-order valence-corrected chi connectivity index (χ3v) is 11.2. The van der Waals surface area contributed by atoms with Crippen molar-refractivity contribution in [2.45, 2.75) is 24.2 Å². The summed E-state index contributed by atoms with van der Waals surface area (Å²) < 4.78 is 19.8. The monoisotopic (exact) mass is 755 g/mol. The number of anilines is 1. The van der Waals surface area contributed by atoms with Crippen molar-refractivity contribution in [3.05, 3.63) is 97.8 Å². The van der Waals surface area contributed by atoms with Crippen LogP contribution in [0.4, 0.5) is 10.1 Å². The number of amides is 4. The maximum Gasteiger partial charge on any atom is 0.260 e. The van der Waals surface area contributed by atoms with E-state index in [2.05, 4.69) is 5.43 Å². The Kier molecular flexibility index (Phi) is 7.39. The van der Waals surface area contributed by atoms with Gasteiger partial charge in [-0.2, -0.15) is 5.01 Å². The number of benzene rings is 3. The highest BCUT2D eigenvalue weighted by Crippen LogP contribution is 2.64. The summed E-state index contributed by atoms with van der Waals surface area (Å²) in [5.74, 6) is -5.51. The number of hydrazine groups is 1. The molecule has 2 heterocycles. The molecule has 3 fully saturated rings. The zero-order valence-electron chi connectivity index (χ0n) is 24.7. The van der Waals surface area contributed by atoms with Gasteiger partial charge in [-0.25, -0.2) is 4.39 Å². The first-order valence-electron chi connectivity index (χ1n) is 14.7. The van der Waals surface area contributed by atoms with Crippen LogP contribution in [-0.2, 0) is 24.6 Å². The number of nitrogens with one attached hydrogen (secondary N) is 1. The van der Waals surface area contributed by atoms with Gasteiger partial charge < -0.3 is 9.84 Å². The molecule has 3 aromatic carbocycles. The molecule has 2 aliphatic carbocycles. The minimum absolute atomic E-state index is 0.0689. The van der Waals surface area contributed by atoms with Gasteiger partial charge in [0.25, 0.3) is 11.8 Å². The molecule has 12 heteroatoms. The summed E-state index contributed by atoms with van der Waals surface area (Å²) >= 11 is 8.31. The Morgan fingerprint density at radius 1 is 1.00 bits per heavy atom. The second kappa shape index (κ2) is 11.1. The number of hydrogen-bond acceptors (Lipinski definition) is 7. The van der Waals surface area contributed by atoms with Crippen molar-refractivity contribution in [2.24, 2.45) is 23.7 Å². The molecule has 4 amide bonds. The van der Waals surface area contributed by atoms with Crippen LogP contribution in [-0.4, -0.2) is 52.8 Å². The number of ether oxygens (including phenoxy) is 1. The van der Waals surface area contributed by atoms with Gasteiger partial charge in [-0.15, -0.1) is 0 Å². The maximum absolute atomic E-state index is 15.1. The highest BCUT2D eigenvalue weighted by molar-refractivity contribution is 14.1. The molecule has 0 bridgehead atoms. The second-order valence-corrected chi connectivity index (χ2v) is 13.8. The molecule has 3 aromatic rings. The summed E-state index contributed by atoms with van der Waals surface area (Å²) in [6, 6.07) is 15.5. The topological polar surface area (TPSA) is 116 Å². The zero-order chi connectivity index (χ0) is 32.7. The van der Waals surface area contributed by atoms with Crippen molar-refractivity contribution < 1.29 is 33.4 Å². The number of fused-ring (bicyclic) bond motifs is 4. The van der Waals surface area contributed by atoms with Crippen LogP contribution >= 0.6 is 34.2 Å². The van der Waals surface area contributed by atoms with Crippen LogP contribution in [0.3, 0.4) is 0 Å². The number of nitrogens with zero attached hydrogens (tertiary/aromatic N) is 2. The lowest BCUT2D eigenvalue weighted by Crippen LogP contribution is -2.53. The summed E-state index contributed by atoms with van der Waals surface area (Å²) in [6.45, 7) is 0. The van der Waals surface area contributed by atoms with Gasteiger partial charge in [0.15, 0.2) is 11.5 Å². The second-order valence-electron chi connectivity index (χ2n) is 12.2. The van der Waals surface area contributed by atoms with Crippen LogP contribution in [0.2, 0.25) is 5.02 Å². The number of halogens is 3. The van der Waals surface area contributed by atoms with E-state index in [-0.39, 0.29) is 29.7 Å². The number of methoxy groups -OCH3 is 1. The number of allylic oxidation sites excluding steroid dienone is 2. The van der Waals surface area contributed by atoms with Gasteiger partial charge in [-0.3, -0.25) is 29.5 Å². The van der Waals surface area contributed by atoms with Gasteiger partial charge in [-0.1, -0.05) is 35.4 Å². The van der Waals surface area contributed by atoms with Gasteiger partial charge in [0.2, 0.25) is 11.8 Å². The molecule has 7 rings (SSSR count). The molecule has 2 saturated heterocycles. The van der Waals surface area contributed by atoms with Crippen molar-refractivity contribution >= 4 is 63.5 Å². The first-order chi connectivity index (χ1) is 22.0. The third kappa shape index (κ3) is 4.30. The van der Waals surface area contributed by atoms with E-state index in [9.17, 15) is 23.9 Å². The normalized spacial score (nSPS) is 28.5. The van der Waals surface area contributed by atoms with E-state index in [1.165, 1.54) is 43.3 Å². The predicted molar refractivity (Wildman–Crippen MR) is 174 cm³/mol. The molecule has 6 atom stereocenters. The van der Waals surface area contributed by atoms with Crippen LogP contribution in [0, 0.1) is 33.1 Å². The SMILES string of the molecule is COc1cc(C2C3=CCC4C(=O)N(C)C(=O)C4C3CC3C(=O)N(Nc4ccc(F)cc4)C(=O)C32c2ccc(Cl)cc2)cc(I)c1O. The standard InChI is InChI=1S/C34H28ClFIN3O6/c1-39-30(42)22-12-11-21-23(27(22)32(39)44)15-24-31(43)40(38-20-9-7-19(36)8-10-20)33(45)34(24,17-3-5-18(35)6-4-17)28(21)16-13-25(37)29(41)26(14-16)46-2/h3-11,13-14,22-24,27-28,38,41H,12,15H2,1-2H3. The van der Waals surface area contributed by atoms with E-state index in [0.717, 1.165) is 10.6 Å². The Hall–Kier alpha value is -3.97. The minimum Gasteiger partial charge on any atom is -0.504 e. The molecule has 0 spiro atoms. The van der Waals surface area contributed by atoms with Gasteiger partial charge in [-0.05, 0) is 101 Å². The minimum atomic E-state index is -1.52. The first-order valence-corrected chi connectivity index (χ1v) is 16.2. The van der Waals surface area contributed by atoms with E-state index in [1.807, 2.05) is 28.7 Å². The number of imide groups is 2. The van der Waals surface area contributed by atoms with Crippen molar-refractivity contribution in [1.82, 2.24) is 9.91 Å². The van der Waals surface area contributed by atoms with Gasteiger partial charge in [0, 0.05) is 18.0 Å². The average Bonchev–Trinajstić information content (AvgIpc) is 3.40. The maximum atomic E-state index is 15.1. The van der Waals surface area contributed by atoms with E-state index in [4.69, 9.17) is 16.3 Å². The Bertz CT molecular complexity index is 1850. The Balaban J connectivity index is 1.50. The smallest absolute Gasteiger partial charge is 0.260 e. The lowest BCUT2D eigenvalue weighted by Gasteiger charge is -2.50. The predicted octanol–water partition coefficient (Wildman–Crippen LogP) is 5.41. The van der Waals surface area contributed by atoms with Crippen LogP contribution in [0.15, 0.2) is 72.3 Å². The number of hydrogen-bond donors (Lipinski definition) is 2. The fourth-order valence-corrected chi connectivity index (χ4v) is 8.86. The molecule has 2 aliphatic heterocycles. The summed E-state index contributed by atoms with van der Waals surface area (Å²) in [5, 5.41) is 12.2. The van der Waals surface area contributed by atoms with Crippen molar-refractivity contribution in [1.29, 1.82) is 0 Å². The number of rotatable bonds is 5. The average molecular weight is 756 g/mol. The molecule has 0 aromatic heterocycles. The summed E-state index contributed by atoms with van der Waals surface area (Å²) in [7, 11) is 2.91. The summed E-state index contributed by atoms with van der Waals surface area (Å²) in [5.41, 5.74) is 3.65. The van der Waals surface area contributed by atoms with E-state index in [1.54, 1.807) is 36.4 Å². The number of phenols is 1. The van der Waals surface area contributed by atoms with Gasteiger partial charge >= 0.3 is 0 Å². The zero-order valence-corrected chi connectivity index (χ0v) is 27.6. The lowest BCUT2D eigenvalue weighted by molar-refractivity contribution is -0.140.